The number of unbranched alkanes of at least 4 members (excludes halogenated alkanes) is 1. The molecule has 27 heavy (non-hydrogen) atoms. The van der Waals surface area contributed by atoms with Crippen LogP contribution in [0.15, 0.2) is 0 Å². The molecule has 0 aromatic rings. The predicted octanol–water partition coefficient (Wildman–Crippen LogP) is 1.01. The lowest BCUT2D eigenvalue weighted by Gasteiger charge is -2.20. The molecule has 6 amide bonds. The molecule has 0 aliphatic carbocycles. The van der Waals surface area contributed by atoms with Crippen LogP contribution in [0.5, 0.6) is 0 Å². The van der Waals surface area contributed by atoms with Crippen molar-refractivity contribution in [3.63, 3.8) is 0 Å². The molecule has 2 unspecified atom stereocenters. The molecule has 2 aliphatic rings. The lowest BCUT2D eigenvalue weighted by Crippen LogP contribution is -2.37. The Labute approximate surface area is 159 Å². The van der Waals surface area contributed by atoms with Gasteiger partial charge in [-0.3, -0.25) is 30.0 Å². The molecule has 2 rings (SSSR count). The van der Waals surface area contributed by atoms with Gasteiger partial charge in [0.05, 0.1) is 0 Å². The smallest absolute Gasteiger partial charge is 0.326 e. The summed E-state index contributed by atoms with van der Waals surface area (Å²) in [7, 11) is 0. The molecule has 154 valence electrons. The lowest BCUT2D eigenvalue weighted by molar-refractivity contribution is -0.135. The normalized spacial score (nSPS) is 21.9. The fourth-order valence-corrected chi connectivity index (χ4v) is 2.63. The van der Waals surface area contributed by atoms with Crippen molar-refractivity contribution in [2.75, 3.05) is 26.3 Å². The Hall–Kier alpha value is -2.20. The van der Waals surface area contributed by atoms with Crippen molar-refractivity contribution >= 4 is 23.9 Å². The quantitative estimate of drug-likeness (QED) is 0.571. The molecule has 10 heteroatoms. The first-order chi connectivity index (χ1) is 12.9. The van der Waals surface area contributed by atoms with Crippen LogP contribution in [0.1, 0.15) is 47.0 Å². The number of imide groups is 2. The van der Waals surface area contributed by atoms with E-state index in [-0.39, 0.29) is 23.9 Å². The molecule has 2 saturated heterocycles. The fourth-order valence-electron chi connectivity index (χ4n) is 2.63. The second-order valence-corrected chi connectivity index (χ2v) is 5.94. The van der Waals surface area contributed by atoms with Gasteiger partial charge in [-0.05, 0) is 26.7 Å². The van der Waals surface area contributed by atoms with Crippen LogP contribution in [0.3, 0.4) is 0 Å². The highest BCUT2D eigenvalue weighted by Crippen LogP contribution is 2.11. The first-order valence-corrected chi connectivity index (χ1v) is 9.37. The summed E-state index contributed by atoms with van der Waals surface area (Å²) in [5, 5.41) is 4.44. The Morgan fingerprint density at radius 1 is 0.741 bits per heavy atom. The van der Waals surface area contributed by atoms with Gasteiger partial charge in [0.1, 0.15) is 0 Å². The highest BCUT2D eigenvalue weighted by Gasteiger charge is 2.39. The number of amides is 6. The van der Waals surface area contributed by atoms with Crippen LogP contribution in [-0.4, -0.2) is 72.4 Å². The molecule has 0 bridgehead atoms. The number of carbonyl (C=O) groups excluding carboxylic acids is 4. The van der Waals surface area contributed by atoms with Gasteiger partial charge in [0.2, 0.25) is 12.5 Å². The van der Waals surface area contributed by atoms with Gasteiger partial charge in [-0.25, -0.2) is 9.59 Å². The number of rotatable bonds is 9. The molecule has 0 aromatic heterocycles. The van der Waals surface area contributed by atoms with E-state index in [1.165, 1.54) is 9.80 Å². The summed E-state index contributed by atoms with van der Waals surface area (Å²) >= 11 is 0. The zero-order valence-corrected chi connectivity index (χ0v) is 16.4. The molecule has 0 spiro atoms. The van der Waals surface area contributed by atoms with E-state index >= 15 is 0 Å². The Morgan fingerprint density at radius 2 is 1.19 bits per heavy atom. The van der Waals surface area contributed by atoms with E-state index in [0.717, 1.165) is 19.3 Å². The van der Waals surface area contributed by atoms with Crippen LogP contribution >= 0.6 is 0 Å². The van der Waals surface area contributed by atoms with Gasteiger partial charge in [-0.2, -0.15) is 0 Å². The monoisotopic (exact) mass is 386 g/mol. The third-order valence-electron chi connectivity index (χ3n) is 3.86. The first-order valence-electron chi connectivity index (χ1n) is 9.37. The van der Waals surface area contributed by atoms with E-state index in [9.17, 15) is 19.2 Å². The Morgan fingerprint density at radius 3 is 1.56 bits per heavy atom. The number of hydrogen-bond donors (Lipinski definition) is 2. The molecular weight excluding hydrogens is 356 g/mol. The Kier molecular flexibility index (Phi) is 9.73. The molecule has 0 radical (unpaired) electrons. The highest BCUT2D eigenvalue weighted by atomic mass is 16.5. The highest BCUT2D eigenvalue weighted by molar-refractivity contribution is 6.03. The van der Waals surface area contributed by atoms with Gasteiger partial charge >= 0.3 is 12.1 Å². The molecule has 2 heterocycles. The number of carbonyl (C=O) groups is 4. The van der Waals surface area contributed by atoms with Crippen LogP contribution in [-0.2, 0) is 19.1 Å². The van der Waals surface area contributed by atoms with E-state index < -0.39 is 12.5 Å². The number of nitrogens with zero attached hydrogens (tertiary/aromatic N) is 2. The summed E-state index contributed by atoms with van der Waals surface area (Å²) in [6.07, 6.45) is 1.22. The minimum Gasteiger partial charge on any atom is -0.350 e. The summed E-state index contributed by atoms with van der Waals surface area (Å²) in [5.41, 5.74) is 0. The van der Waals surface area contributed by atoms with E-state index in [2.05, 4.69) is 10.6 Å². The molecule has 0 aromatic carbocycles. The van der Waals surface area contributed by atoms with Gasteiger partial charge in [-0.1, -0.05) is 20.3 Å². The Balaban J connectivity index is 0.000000271. The minimum absolute atomic E-state index is 0.345. The van der Waals surface area contributed by atoms with Crippen LogP contribution in [0.2, 0.25) is 0 Å². The van der Waals surface area contributed by atoms with Gasteiger partial charge in [0.15, 0.2) is 0 Å². The summed E-state index contributed by atoms with van der Waals surface area (Å²) in [6.45, 7) is 9.53. The largest absolute Gasteiger partial charge is 0.350 e. The maximum absolute atomic E-state index is 11.3. The van der Waals surface area contributed by atoms with Crippen molar-refractivity contribution in [2.24, 2.45) is 0 Å². The standard InChI is InChI=1S/C9H16N2O3.C8H14N2O3/c1-3-5-6-11-8(14-4-2)7(12)10-9(11)13;1-3-5-10-7(13-4-2)6(11)9-8(10)12/h8H,3-6H2,1-2H3,(H,10,12,13);7H,3-5H2,1-2H3,(H,9,11,12). The molecule has 2 atom stereocenters. The molecule has 2 N–H and O–H groups in total. The second kappa shape index (κ2) is 11.5. The maximum atomic E-state index is 11.3. The van der Waals surface area contributed by atoms with Crippen LogP contribution < -0.4 is 10.6 Å². The van der Waals surface area contributed by atoms with E-state index in [0.29, 0.717) is 26.3 Å². The van der Waals surface area contributed by atoms with E-state index in [1.54, 1.807) is 13.8 Å². The summed E-state index contributed by atoms with van der Waals surface area (Å²) in [4.78, 5) is 47.7. The van der Waals surface area contributed by atoms with Crippen molar-refractivity contribution in [2.45, 2.75) is 59.4 Å². The van der Waals surface area contributed by atoms with Crippen molar-refractivity contribution in [3.05, 3.63) is 0 Å². The van der Waals surface area contributed by atoms with Crippen molar-refractivity contribution in [3.8, 4) is 0 Å². The van der Waals surface area contributed by atoms with E-state index in [1.807, 2.05) is 13.8 Å². The fraction of sp³-hybridized carbons (Fsp3) is 0.765. The second-order valence-electron chi connectivity index (χ2n) is 5.94. The molecule has 10 nitrogen and oxygen atoms in total. The van der Waals surface area contributed by atoms with Gasteiger partial charge in [-0.15, -0.1) is 0 Å². The zero-order valence-electron chi connectivity index (χ0n) is 16.4. The third-order valence-corrected chi connectivity index (χ3v) is 3.86. The first kappa shape index (κ1) is 22.8. The molecule has 0 saturated carbocycles. The average Bonchev–Trinajstić information content (AvgIpc) is 3.04. The van der Waals surface area contributed by atoms with Crippen molar-refractivity contribution < 1.29 is 28.7 Å². The van der Waals surface area contributed by atoms with Crippen molar-refractivity contribution in [1.82, 2.24) is 20.4 Å². The van der Waals surface area contributed by atoms with Gasteiger partial charge in [0, 0.05) is 26.3 Å². The Bertz CT molecular complexity index is 520. The molecule has 2 fully saturated rings. The number of hydrogen-bond acceptors (Lipinski definition) is 6. The van der Waals surface area contributed by atoms with E-state index in [4.69, 9.17) is 9.47 Å². The SMILES string of the molecule is CCCCN1C(=O)NC(=O)C1OCC.CCCN1C(=O)NC(=O)C1OCC. The third kappa shape index (κ3) is 6.17. The van der Waals surface area contributed by atoms with Crippen LogP contribution in [0.25, 0.3) is 0 Å². The van der Waals surface area contributed by atoms with Crippen LogP contribution in [0, 0.1) is 0 Å². The van der Waals surface area contributed by atoms with Crippen LogP contribution in [0.4, 0.5) is 9.59 Å². The number of urea groups is 2. The summed E-state index contributed by atoms with van der Waals surface area (Å²) < 4.78 is 10.3. The topological polar surface area (TPSA) is 117 Å². The van der Waals surface area contributed by atoms with Gasteiger partial charge < -0.3 is 9.47 Å². The molecule has 2 aliphatic heterocycles. The predicted molar refractivity (Wildman–Crippen MR) is 96.5 cm³/mol. The number of ether oxygens (including phenoxy) is 2. The van der Waals surface area contributed by atoms with Crippen molar-refractivity contribution in [1.29, 1.82) is 0 Å². The number of nitrogens with one attached hydrogen (secondary N) is 2. The average molecular weight is 386 g/mol. The minimum atomic E-state index is -0.725. The summed E-state index contributed by atoms with van der Waals surface area (Å²) in [5.74, 6) is -0.715. The molecular formula is C17H30N4O6. The summed E-state index contributed by atoms with van der Waals surface area (Å²) in [6, 6.07) is -0.702. The maximum Gasteiger partial charge on any atom is 0.326 e. The lowest BCUT2D eigenvalue weighted by atomic mass is 10.3. The van der Waals surface area contributed by atoms with Gasteiger partial charge in [0.25, 0.3) is 11.8 Å². The zero-order chi connectivity index (χ0) is 20.4.